The van der Waals surface area contributed by atoms with Crippen molar-refractivity contribution in [1.29, 1.82) is 0 Å². The lowest BCUT2D eigenvalue weighted by Gasteiger charge is -2.54. The second kappa shape index (κ2) is 7.68. The Balaban J connectivity index is 1.56. The summed E-state index contributed by atoms with van der Waals surface area (Å²) in [4.78, 5) is 29.6. The van der Waals surface area contributed by atoms with Crippen molar-refractivity contribution in [3.63, 3.8) is 0 Å². The Hall–Kier alpha value is -0.790. The van der Waals surface area contributed by atoms with Crippen LogP contribution in [0.25, 0.3) is 0 Å². The molecule has 0 spiro atoms. The summed E-state index contributed by atoms with van der Waals surface area (Å²) in [6.45, 7) is 6.17. The number of carbonyl (C=O) groups is 2. The summed E-state index contributed by atoms with van der Waals surface area (Å²) in [7, 11) is 0. The molecule has 6 atom stereocenters. The van der Waals surface area contributed by atoms with Gasteiger partial charge in [0.25, 0.3) is 5.91 Å². The third-order valence-electron chi connectivity index (χ3n) is 6.66. The average Bonchev–Trinajstić information content (AvgIpc) is 3.33. The highest BCUT2D eigenvalue weighted by Gasteiger charge is 2.48. The topological polar surface area (TPSA) is 61.9 Å². The van der Waals surface area contributed by atoms with Gasteiger partial charge in [-0.05, 0) is 51.4 Å². The molecule has 1 saturated carbocycles. The second-order valence-electron chi connectivity index (χ2n) is 8.31. The van der Waals surface area contributed by atoms with E-state index < -0.39 is 0 Å². The summed E-state index contributed by atoms with van der Waals surface area (Å²) in [5.41, 5.74) is 0. The normalized spacial score (nSPS) is 40.5. The van der Waals surface area contributed by atoms with Gasteiger partial charge in [-0.15, -0.1) is 0 Å². The molecule has 1 aliphatic carbocycles. The molecule has 3 saturated heterocycles. The van der Waals surface area contributed by atoms with Gasteiger partial charge in [-0.3, -0.25) is 14.3 Å². The van der Waals surface area contributed by atoms with Gasteiger partial charge in [-0.25, -0.2) is 0 Å². The van der Waals surface area contributed by atoms with Gasteiger partial charge in [0, 0.05) is 37.9 Å². The SMILES string of the molecule is CC(=O)N1C2CCC(C3CCNS3)CC2N(C(=O)C2CCCO2)C[C@@H]1C. The number of amides is 2. The molecular weight excluding hydrogens is 350 g/mol. The Kier molecular flexibility index (Phi) is 5.48. The van der Waals surface area contributed by atoms with E-state index in [2.05, 4.69) is 21.4 Å². The zero-order valence-corrected chi connectivity index (χ0v) is 16.7. The van der Waals surface area contributed by atoms with Crippen LogP contribution < -0.4 is 4.72 Å². The predicted octanol–water partition coefficient (Wildman–Crippen LogP) is 1.79. The number of carbonyl (C=O) groups excluding carboxylic acids is 2. The van der Waals surface area contributed by atoms with Crippen LogP contribution in [0.2, 0.25) is 0 Å². The Bertz CT molecular complexity index is 548. The lowest BCUT2D eigenvalue weighted by Crippen LogP contribution is -2.68. The van der Waals surface area contributed by atoms with Crippen LogP contribution in [0.3, 0.4) is 0 Å². The smallest absolute Gasteiger partial charge is 0.252 e. The van der Waals surface area contributed by atoms with Crippen LogP contribution >= 0.6 is 11.9 Å². The van der Waals surface area contributed by atoms with E-state index in [1.807, 2.05) is 11.9 Å². The third kappa shape index (κ3) is 3.38. The van der Waals surface area contributed by atoms with Crippen molar-refractivity contribution in [1.82, 2.24) is 14.5 Å². The quantitative estimate of drug-likeness (QED) is 0.739. The maximum atomic E-state index is 13.2. The van der Waals surface area contributed by atoms with E-state index >= 15 is 0 Å². The Morgan fingerprint density at radius 2 is 2.00 bits per heavy atom. The van der Waals surface area contributed by atoms with E-state index in [0.717, 1.165) is 38.6 Å². The van der Waals surface area contributed by atoms with Crippen molar-refractivity contribution in [2.75, 3.05) is 19.7 Å². The molecule has 3 aliphatic heterocycles. The summed E-state index contributed by atoms with van der Waals surface area (Å²) in [5.74, 6) is 0.927. The van der Waals surface area contributed by atoms with Gasteiger partial charge in [0.2, 0.25) is 5.91 Å². The van der Waals surface area contributed by atoms with E-state index in [1.54, 1.807) is 6.92 Å². The minimum Gasteiger partial charge on any atom is -0.368 e. The number of ether oxygens (including phenoxy) is 1. The number of piperazine rings is 1. The molecule has 4 aliphatic rings. The molecule has 26 heavy (non-hydrogen) atoms. The zero-order chi connectivity index (χ0) is 18.3. The molecule has 7 heteroatoms. The molecule has 2 amide bonds. The van der Waals surface area contributed by atoms with Crippen LogP contribution in [0, 0.1) is 5.92 Å². The maximum absolute atomic E-state index is 13.2. The number of rotatable bonds is 2. The highest BCUT2D eigenvalue weighted by Crippen LogP contribution is 2.41. The fraction of sp³-hybridized carbons (Fsp3) is 0.895. The van der Waals surface area contributed by atoms with Crippen molar-refractivity contribution < 1.29 is 14.3 Å². The molecule has 0 aromatic carbocycles. The van der Waals surface area contributed by atoms with Crippen LogP contribution in [0.15, 0.2) is 0 Å². The minimum atomic E-state index is -0.269. The predicted molar refractivity (Wildman–Crippen MR) is 102 cm³/mol. The summed E-state index contributed by atoms with van der Waals surface area (Å²) < 4.78 is 9.10. The number of hydrogen-bond acceptors (Lipinski definition) is 5. The molecular formula is C19H31N3O3S. The van der Waals surface area contributed by atoms with Gasteiger partial charge in [-0.2, -0.15) is 0 Å². The van der Waals surface area contributed by atoms with E-state index in [-0.39, 0.29) is 36.0 Å². The lowest BCUT2D eigenvalue weighted by atomic mass is 9.76. The summed E-state index contributed by atoms with van der Waals surface area (Å²) in [5, 5.41) is 0.640. The Morgan fingerprint density at radius 1 is 1.15 bits per heavy atom. The molecule has 0 aromatic heterocycles. The number of hydrogen-bond donors (Lipinski definition) is 1. The first-order chi connectivity index (χ1) is 12.6. The number of fused-ring (bicyclic) bond motifs is 1. The fourth-order valence-electron chi connectivity index (χ4n) is 5.51. The van der Waals surface area contributed by atoms with Gasteiger partial charge >= 0.3 is 0 Å². The molecule has 0 bridgehead atoms. The Labute approximate surface area is 160 Å². The summed E-state index contributed by atoms with van der Waals surface area (Å²) in [6, 6.07) is 0.391. The van der Waals surface area contributed by atoms with Gasteiger partial charge in [0.15, 0.2) is 0 Å². The molecule has 1 N–H and O–H groups in total. The number of nitrogens with one attached hydrogen (secondary N) is 1. The molecule has 0 aromatic rings. The Morgan fingerprint density at radius 3 is 2.65 bits per heavy atom. The van der Waals surface area contributed by atoms with Crippen LogP contribution in [0.1, 0.15) is 52.4 Å². The first kappa shape index (κ1) is 18.6. The van der Waals surface area contributed by atoms with Crippen molar-refractivity contribution in [3.8, 4) is 0 Å². The van der Waals surface area contributed by atoms with Crippen LogP contribution in [-0.4, -0.2) is 70.8 Å². The van der Waals surface area contributed by atoms with E-state index in [1.165, 1.54) is 6.42 Å². The lowest BCUT2D eigenvalue weighted by molar-refractivity contribution is -0.160. The first-order valence-electron chi connectivity index (χ1n) is 10.2. The molecule has 6 nitrogen and oxygen atoms in total. The minimum absolute atomic E-state index is 0.0816. The average molecular weight is 382 g/mol. The largest absolute Gasteiger partial charge is 0.368 e. The van der Waals surface area contributed by atoms with Gasteiger partial charge < -0.3 is 14.5 Å². The molecule has 3 heterocycles. The molecule has 146 valence electrons. The summed E-state index contributed by atoms with van der Waals surface area (Å²) >= 11 is 1.87. The monoisotopic (exact) mass is 381 g/mol. The molecule has 5 unspecified atom stereocenters. The zero-order valence-electron chi connectivity index (χ0n) is 15.9. The fourth-order valence-corrected chi connectivity index (χ4v) is 6.63. The maximum Gasteiger partial charge on any atom is 0.252 e. The van der Waals surface area contributed by atoms with Crippen molar-refractivity contribution in [2.45, 2.75) is 81.9 Å². The molecule has 0 radical (unpaired) electrons. The van der Waals surface area contributed by atoms with Crippen LogP contribution in [0.4, 0.5) is 0 Å². The molecule has 4 fully saturated rings. The van der Waals surface area contributed by atoms with E-state index in [4.69, 9.17) is 4.74 Å². The number of nitrogens with zero attached hydrogens (tertiary/aromatic N) is 2. The van der Waals surface area contributed by atoms with Crippen molar-refractivity contribution in [3.05, 3.63) is 0 Å². The van der Waals surface area contributed by atoms with E-state index in [0.29, 0.717) is 24.3 Å². The van der Waals surface area contributed by atoms with Crippen molar-refractivity contribution >= 4 is 23.8 Å². The van der Waals surface area contributed by atoms with Crippen LogP contribution in [-0.2, 0) is 14.3 Å². The molecule has 4 rings (SSSR count). The van der Waals surface area contributed by atoms with Gasteiger partial charge in [-0.1, -0.05) is 11.9 Å². The van der Waals surface area contributed by atoms with Crippen molar-refractivity contribution in [2.24, 2.45) is 5.92 Å². The van der Waals surface area contributed by atoms with Crippen LogP contribution in [0.5, 0.6) is 0 Å². The third-order valence-corrected chi connectivity index (χ3v) is 7.95. The van der Waals surface area contributed by atoms with E-state index in [9.17, 15) is 9.59 Å². The summed E-state index contributed by atoms with van der Waals surface area (Å²) in [6.07, 6.45) is 5.92. The second-order valence-corrected chi connectivity index (χ2v) is 9.44. The first-order valence-corrected chi connectivity index (χ1v) is 11.0. The van der Waals surface area contributed by atoms with Gasteiger partial charge in [0.05, 0.1) is 12.1 Å². The van der Waals surface area contributed by atoms with Gasteiger partial charge in [0.1, 0.15) is 6.10 Å². The highest BCUT2D eigenvalue weighted by atomic mass is 32.2. The standard InChI is InChI=1S/C19H31N3O3S/c1-12-11-21(19(24)17-4-3-9-25-17)16-10-14(18-7-8-20-26-18)5-6-15(16)22(12)13(2)23/h12,14-18,20H,3-11H2,1-2H3/t12-,14?,15?,16?,17?,18?/m0/s1. The highest BCUT2D eigenvalue weighted by molar-refractivity contribution is 7.98.